The Morgan fingerprint density at radius 2 is 2.05 bits per heavy atom. The van der Waals surface area contributed by atoms with E-state index in [1.807, 2.05) is 6.07 Å². The first kappa shape index (κ1) is 14.7. The third kappa shape index (κ3) is 2.13. The van der Waals surface area contributed by atoms with Gasteiger partial charge in [0.05, 0.1) is 6.61 Å². The summed E-state index contributed by atoms with van der Waals surface area (Å²) in [6.07, 6.45) is -4.73. The zero-order chi connectivity index (χ0) is 15.0. The molecule has 7 nitrogen and oxygen atoms in total. The van der Waals surface area contributed by atoms with Gasteiger partial charge in [-0.25, -0.2) is 0 Å². The van der Waals surface area contributed by atoms with Gasteiger partial charge in [0, 0.05) is 5.69 Å². The number of rotatable bonds is 2. The van der Waals surface area contributed by atoms with Crippen LogP contribution in [0.1, 0.15) is 23.0 Å². The molecule has 7 heteroatoms. The van der Waals surface area contributed by atoms with Crippen molar-refractivity contribution in [3.05, 3.63) is 33.2 Å². The van der Waals surface area contributed by atoms with E-state index in [9.17, 15) is 15.0 Å². The fourth-order valence-electron chi connectivity index (χ4n) is 2.45. The Morgan fingerprint density at radius 1 is 1.40 bits per heavy atom. The molecule has 1 fully saturated rings. The second-order valence-corrected chi connectivity index (χ2v) is 4.86. The molecule has 1 aliphatic heterocycles. The molecule has 1 aromatic rings. The Bertz CT molecular complexity index is 618. The topological polar surface area (TPSA) is 116 Å². The molecular formula is C13H16N2O5. The lowest BCUT2D eigenvalue weighted by Gasteiger charge is -2.21. The number of aromatic nitrogens is 1. The highest BCUT2D eigenvalue weighted by Crippen LogP contribution is 2.29. The van der Waals surface area contributed by atoms with Crippen molar-refractivity contribution in [2.45, 2.75) is 38.4 Å². The van der Waals surface area contributed by atoms with Gasteiger partial charge in [0.25, 0.3) is 5.56 Å². The van der Waals surface area contributed by atoms with E-state index in [0.717, 1.165) is 4.57 Å². The fourth-order valence-corrected chi connectivity index (χ4v) is 2.45. The molecule has 0 spiro atoms. The highest BCUT2D eigenvalue weighted by molar-refractivity contribution is 5.36. The van der Waals surface area contributed by atoms with E-state index in [4.69, 9.17) is 15.1 Å². The Morgan fingerprint density at radius 3 is 2.55 bits per heavy atom. The number of hydrogen-bond acceptors (Lipinski definition) is 6. The summed E-state index contributed by atoms with van der Waals surface area (Å²) in [5.74, 6) is 0. The number of hydrogen-bond donors (Lipinski definition) is 3. The van der Waals surface area contributed by atoms with E-state index in [1.165, 1.54) is 0 Å². The minimum atomic E-state index is -1.35. The van der Waals surface area contributed by atoms with Crippen LogP contribution in [0.3, 0.4) is 0 Å². The maximum absolute atomic E-state index is 12.3. The van der Waals surface area contributed by atoms with Gasteiger partial charge in [-0.2, -0.15) is 5.26 Å². The quantitative estimate of drug-likeness (QED) is 0.636. The van der Waals surface area contributed by atoms with Gasteiger partial charge in [0.1, 0.15) is 29.9 Å². The third-order valence-electron chi connectivity index (χ3n) is 3.52. The van der Waals surface area contributed by atoms with E-state index in [-0.39, 0.29) is 5.56 Å². The molecule has 0 bridgehead atoms. The third-order valence-corrected chi connectivity index (χ3v) is 3.52. The van der Waals surface area contributed by atoms with E-state index in [2.05, 4.69) is 0 Å². The molecule has 0 radical (unpaired) electrons. The van der Waals surface area contributed by atoms with Gasteiger partial charge < -0.3 is 20.1 Å². The maximum atomic E-state index is 12.3. The maximum Gasteiger partial charge on any atom is 0.271 e. The van der Waals surface area contributed by atoms with Crippen molar-refractivity contribution in [2.24, 2.45) is 0 Å². The minimum absolute atomic E-state index is 0.0339. The number of nitrogens with zero attached hydrogens (tertiary/aromatic N) is 2. The molecule has 0 saturated carbocycles. The monoisotopic (exact) mass is 280 g/mol. The van der Waals surface area contributed by atoms with Crippen LogP contribution in [0.15, 0.2) is 10.9 Å². The van der Waals surface area contributed by atoms with Crippen LogP contribution in [0.5, 0.6) is 0 Å². The highest BCUT2D eigenvalue weighted by Gasteiger charge is 2.44. The van der Waals surface area contributed by atoms with Crippen LogP contribution in [0.25, 0.3) is 0 Å². The van der Waals surface area contributed by atoms with Crippen LogP contribution >= 0.6 is 0 Å². The second-order valence-electron chi connectivity index (χ2n) is 4.86. The molecule has 0 amide bonds. The first-order valence-electron chi connectivity index (χ1n) is 6.17. The van der Waals surface area contributed by atoms with Gasteiger partial charge in [-0.15, -0.1) is 0 Å². The minimum Gasteiger partial charge on any atom is -0.394 e. The predicted octanol–water partition coefficient (Wildman–Crippen LogP) is -1.05. The van der Waals surface area contributed by atoms with Crippen molar-refractivity contribution in [1.82, 2.24) is 4.57 Å². The summed E-state index contributed by atoms with van der Waals surface area (Å²) in [7, 11) is 0. The van der Waals surface area contributed by atoms with Crippen molar-refractivity contribution in [2.75, 3.05) is 6.61 Å². The van der Waals surface area contributed by atoms with Gasteiger partial charge in [-0.1, -0.05) is 0 Å². The summed E-state index contributed by atoms with van der Waals surface area (Å²) in [4.78, 5) is 12.3. The predicted molar refractivity (Wildman–Crippen MR) is 67.9 cm³/mol. The largest absolute Gasteiger partial charge is 0.394 e. The molecular weight excluding hydrogens is 264 g/mol. The molecule has 0 aliphatic carbocycles. The molecule has 0 aromatic carbocycles. The van der Waals surface area contributed by atoms with Crippen LogP contribution in [-0.2, 0) is 4.74 Å². The molecule has 1 aromatic heterocycles. The van der Waals surface area contributed by atoms with Crippen molar-refractivity contribution in [3.63, 3.8) is 0 Å². The average Bonchev–Trinajstić information content (AvgIpc) is 2.67. The van der Waals surface area contributed by atoms with Crippen LogP contribution in [0.4, 0.5) is 0 Å². The number of nitriles is 1. The van der Waals surface area contributed by atoms with Crippen LogP contribution < -0.4 is 5.56 Å². The zero-order valence-electron chi connectivity index (χ0n) is 11.1. The number of aliphatic hydroxyl groups excluding tert-OH is 3. The van der Waals surface area contributed by atoms with Gasteiger partial charge >= 0.3 is 0 Å². The molecule has 1 saturated heterocycles. The lowest BCUT2D eigenvalue weighted by atomic mass is 10.1. The van der Waals surface area contributed by atoms with E-state index < -0.39 is 36.7 Å². The Kier molecular flexibility index (Phi) is 3.92. The highest BCUT2D eigenvalue weighted by atomic mass is 16.6. The smallest absolute Gasteiger partial charge is 0.271 e. The van der Waals surface area contributed by atoms with Gasteiger partial charge in [0.15, 0.2) is 6.23 Å². The summed E-state index contributed by atoms with van der Waals surface area (Å²) < 4.78 is 6.46. The van der Waals surface area contributed by atoms with Gasteiger partial charge in [0.2, 0.25) is 0 Å². The van der Waals surface area contributed by atoms with Crippen LogP contribution in [-0.4, -0.2) is 44.8 Å². The number of aliphatic hydroxyl groups is 3. The van der Waals surface area contributed by atoms with Crippen molar-refractivity contribution >= 4 is 0 Å². The number of aryl methyl sites for hydroxylation is 2. The molecule has 4 atom stereocenters. The standard InChI is InChI=1S/C13H16N2O5/c1-6-3-7(2)15(12(19)8(6)4-14)13-11(18)10(17)9(5-16)20-13/h3,9-11,13,16-18H,5H2,1-2H3/t9-,10-,11-,13-/m1/s1. The Hall–Kier alpha value is -1.72. The molecule has 1 aliphatic rings. The molecule has 108 valence electrons. The normalized spacial score (nSPS) is 29.4. The van der Waals surface area contributed by atoms with E-state index in [1.54, 1.807) is 19.9 Å². The molecule has 2 heterocycles. The van der Waals surface area contributed by atoms with Crippen LogP contribution in [0.2, 0.25) is 0 Å². The average molecular weight is 280 g/mol. The lowest BCUT2D eigenvalue weighted by Crippen LogP contribution is -2.37. The summed E-state index contributed by atoms with van der Waals surface area (Å²) in [5, 5.41) is 37.8. The van der Waals surface area contributed by atoms with Crippen molar-refractivity contribution in [3.8, 4) is 6.07 Å². The molecule has 0 unspecified atom stereocenters. The summed E-state index contributed by atoms with van der Waals surface area (Å²) in [6, 6.07) is 3.46. The van der Waals surface area contributed by atoms with E-state index >= 15 is 0 Å². The summed E-state index contributed by atoms with van der Waals surface area (Å²) in [5.41, 5.74) is 0.424. The molecule has 3 N–H and O–H groups in total. The van der Waals surface area contributed by atoms with Gasteiger partial charge in [-0.3, -0.25) is 9.36 Å². The molecule has 20 heavy (non-hydrogen) atoms. The SMILES string of the molecule is Cc1cc(C)n([C@@H]2O[C@H](CO)[C@@H](O)[C@H]2O)c(=O)c1C#N. The Labute approximate surface area is 115 Å². The molecule has 2 rings (SSSR count). The fraction of sp³-hybridized carbons (Fsp3) is 0.538. The summed E-state index contributed by atoms with van der Waals surface area (Å²) in [6.45, 7) is 2.82. The second kappa shape index (κ2) is 5.34. The number of pyridine rings is 1. The van der Waals surface area contributed by atoms with Crippen molar-refractivity contribution in [1.29, 1.82) is 5.26 Å². The van der Waals surface area contributed by atoms with Crippen molar-refractivity contribution < 1.29 is 20.1 Å². The first-order chi connectivity index (χ1) is 9.42. The van der Waals surface area contributed by atoms with Crippen LogP contribution in [0, 0.1) is 25.2 Å². The summed E-state index contributed by atoms with van der Waals surface area (Å²) >= 11 is 0. The Balaban J connectivity index is 2.55. The van der Waals surface area contributed by atoms with E-state index in [0.29, 0.717) is 11.3 Å². The lowest BCUT2D eigenvalue weighted by molar-refractivity contribution is -0.0553. The zero-order valence-corrected chi connectivity index (χ0v) is 11.1. The van der Waals surface area contributed by atoms with Gasteiger partial charge in [-0.05, 0) is 25.5 Å². The first-order valence-corrected chi connectivity index (χ1v) is 6.17. The number of ether oxygens (including phenoxy) is 1.